The van der Waals surface area contributed by atoms with Gasteiger partial charge in [-0.25, -0.2) is 4.79 Å². The molecule has 1 N–H and O–H groups in total. The molecule has 4 heteroatoms. The number of esters is 1. The number of hydrogen-bond acceptors (Lipinski definition) is 4. The zero-order valence-corrected chi connectivity index (χ0v) is 11.2. The lowest BCUT2D eigenvalue weighted by Crippen LogP contribution is -2.08. The molecule has 0 aliphatic rings. The average Bonchev–Trinajstić information content (AvgIpc) is 2.55. The highest BCUT2D eigenvalue weighted by atomic mass is 16.5. The second-order valence-corrected chi connectivity index (χ2v) is 4.36. The zero-order valence-electron chi connectivity index (χ0n) is 11.2. The smallest absolute Gasteiger partial charge is 0.343 e. The number of hydrogen-bond donors (Lipinski definition) is 1. The normalized spacial score (nSPS) is 9.71. The lowest BCUT2D eigenvalue weighted by Gasteiger charge is -2.06. The van der Waals surface area contributed by atoms with Gasteiger partial charge >= 0.3 is 5.97 Å². The number of aliphatic hydroxyl groups excluding tert-OH is 1. The molecule has 0 fully saturated rings. The fraction of sp³-hybridized carbons (Fsp3) is 0.0588. The fourth-order valence-electron chi connectivity index (χ4n) is 1.70. The highest BCUT2D eigenvalue weighted by Gasteiger charge is 2.09. The summed E-state index contributed by atoms with van der Waals surface area (Å²) < 4.78 is 5.21. The van der Waals surface area contributed by atoms with Crippen molar-refractivity contribution in [2.45, 2.75) is 0 Å². The summed E-state index contributed by atoms with van der Waals surface area (Å²) in [7, 11) is 0. The van der Waals surface area contributed by atoms with E-state index >= 15 is 0 Å². The largest absolute Gasteiger partial charge is 0.423 e. The predicted molar refractivity (Wildman–Crippen MR) is 78.7 cm³/mol. The van der Waals surface area contributed by atoms with Gasteiger partial charge in [-0.05, 0) is 47.5 Å². The van der Waals surface area contributed by atoms with Crippen LogP contribution in [0.2, 0.25) is 0 Å². The molecular weight excluding hydrogens is 266 g/mol. The first-order chi connectivity index (χ1) is 10.1. The first kappa shape index (κ1) is 14.5. The minimum Gasteiger partial charge on any atom is -0.423 e. The fourth-order valence-corrected chi connectivity index (χ4v) is 1.70. The van der Waals surface area contributed by atoms with Crippen LogP contribution in [0.4, 0.5) is 0 Å². The molecule has 2 aromatic rings. The number of nitrogens with zero attached hydrogens (tertiary/aromatic N) is 1. The molecular formula is C17H13NO3. The van der Waals surface area contributed by atoms with Crippen molar-refractivity contribution < 1.29 is 14.6 Å². The van der Waals surface area contributed by atoms with Crippen LogP contribution in [0.5, 0.6) is 5.75 Å². The number of carbonyl (C=O) groups is 1. The second-order valence-electron chi connectivity index (χ2n) is 4.36. The number of carbonyl (C=O) groups excluding carboxylic acids is 1. The van der Waals surface area contributed by atoms with Crippen molar-refractivity contribution in [1.29, 1.82) is 5.26 Å². The first-order valence-electron chi connectivity index (χ1n) is 6.25. The highest BCUT2D eigenvalue weighted by Crippen LogP contribution is 2.16. The standard InChI is InChI=1S/C17H13NO3/c1-12(11-19)14-4-6-15(7-5-14)17(20)21-16-8-2-13(10-18)3-9-16/h2-9,19H,1,11H2. The van der Waals surface area contributed by atoms with Crippen LogP contribution >= 0.6 is 0 Å². The molecule has 0 spiro atoms. The van der Waals surface area contributed by atoms with Crippen molar-refractivity contribution in [3.63, 3.8) is 0 Å². The number of rotatable bonds is 4. The van der Waals surface area contributed by atoms with Crippen LogP contribution < -0.4 is 4.74 Å². The van der Waals surface area contributed by atoms with Gasteiger partial charge in [-0.3, -0.25) is 0 Å². The van der Waals surface area contributed by atoms with E-state index in [-0.39, 0.29) is 6.61 Å². The topological polar surface area (TPSA) is 70.3 Å². The minimum absolute atomic E-state index is 0.130. The molecule has 21 heavy (non-hydrogen) atoms. The SMILES string of the molecule is C=C(CO)c1ccc(C(=O)Oc2ccc(C#N)cc2)cc1. The van der Waals surface area contributed by atoms with Gasteiger partial charge < -0.3 is 9.84 Å². The van der Waals surface area contributed by atoms with Gasteiger partial charge in [0.2, 0.25) is 0 Å². The van der Waals surface area contributed by atoms with Gasteiger partial charge in [-0.2, -0.15) is 5.26 Å². The summed E-state index contributed by atoms with van der Waals surface area (Å²) in [6.07, 6.45) is 0. The van der Waals surface area contributed by atoms with E-state index in [9.17, 15) is 4.79 Å². The van der Waals surface area contributed by atoms with E-state index in [2.05, 4.69) is 6.58 Å². The van der Waals surface area contributed by atoms with Gasteiger partial charge in [-0.1, -0.05) is 18.7 Å². The summed E-state index contributed by atoms with van der Waals surface area (Å²) in [4.78, 5) is 12.0. The molecule has 0 amide bonds. The maximum atomic E-state index is 12.0. The molecule has 104 valence electrons. The second kappa shape index (κ2) is 6.51. The van der Waals surface area contributed by atoms with Crippen LogP contribution in [0.1, 0.15) is 21.5 Å². The third kappa shape index (κ3) is 3.56. The zero-order chi connectivity index (χ0) is 15.2. The molecule has 2 aromatic carbocycles. The number of nitriles is 1. The Balaban J connectivity index is 2.09. The molecule has 0 aliphatic heterocycles. The lowest BCUT2D eigenvalue weighted by atomic mass is 10.1. The molecule has 0 bridgehead atoms. The molecule has 4 nitrogen and oxygen atoms in total. The maximum Gasteiger partial charge on any atom is 0.343 e. The molecule has 0 unspecified atom stereocenters. The van der Waals surface area contributed by atoms with Gasteiger partial charge in [0, 0.05) is 0 Å². The molecule has 0 heterocycles. The molecule has 0 saturated heterocycles. The number of ether oxygens (including phenoxy) is 1. The summed E-state index contributed by atoms with van der Waals surface area (Å²) in [6.45, 7) is 3.58. The molecule has 0 atom stereocenters. The van der Waals surface area contributed by atoms with Gasteiger partial charge in [-0.15, -0.1) is 0 Å². The lowest BCUT2D eigenvalue weighted by molar-refractivity contribution is 0.0735. The number of benzene rings is 2. The Labute approximate surface area is 122 Å². The van der Waals surface area contributed by atoms with E-state index in [1.807, 2.05) is 6.07 Å². The van der Waals surface area contributed by atoms with Crippen molar-refractivity contribution in [2.75, 3.05) is 6.61 Å². The summed E-state index contributed by atoms with van der Waals surface area (Å²) in [6, 6.07) is 14.9. The Morgan fingerprint density at radius 2 is 1.67 bits per heavy atom. The van der Waals surface area contributed by atoms with Crippen molar-refractivity contribution in [2.24, 2.45) is 0 Å². The van der Waals surface area contributed by atoms with Crippen LogP contribution in [0.3, 0.4) is 0 Å². The van der Waals surface area contributed by atoms with Crippen LogP contribution in [0.25, 0.3) is 5.57 Å². The average molecular weight is 279 g/mol. The van der Waals surface area contributed by atoms with E-state index in [0.717, 1.165) is 5.56 Å². The van der Waals surface area contributed by atoms with E-state index in [4.69, 9.17) is 15.1 Å². The molecule has 2 rings (SSSR count). The molecule has 0 aromatic heterocycles. The Morgan fingerprint density at radius 1 is 1.10 bits per heavy atom. The first-order valence-corrected chi connectivity index (χ1v) is 6.25. The van der Waals surface area contributed by atoms with Crippen LogP contribution in [0.15, 0.2) is 55.1 Å². The van der Waals surface area contributed by atoms with Crippen molar-refractivity contribution in [3.05, 3.63) is 71.8 Å². The van der Waals surface area contributed by atoms with Crippen LogP contribution in [-0.2, 0) is 0 Å². The quantitative estimate of drug-likeness (QED) is 0.690. The van der Waals surface area contributed by atoms with E-state index < -0.39 is 5.97 Å². The van der Waals surface area contributed by atoms with E-state index in [0.29, 0.717) is 22.4 Å². The summed E-state index contributed by atoms with van der Waals surface area (Å²) >= 11 is 0. The number of aliphatic hydroxyl groups is 1. The third-order valence-electron chi connectivity index (χ3n) is 2.91. The Bertz CT molecular complexity index is 694. The van der Waals surface area contributed by atoms with Gasteiger partial charge in [0.05, 0.1) is 23.8 Å². The van der Waals surface area contributed by atoms with Crippen LogP contribution in [-0.4, -0.2) is 17.7 Å². The third-order valence-corrected chi connectivity index (χ3v) is 2.91. The monoisotopic (exact) mass is 279 g/mol. The van der Waals surface area contributed by atoms with Gasteiger partial charge in [0.1, 0.15) is 5.75 Å². The van der Waals surface area contributed by atoms with Crippen molar-refractivity contribution in [3.8, 4) is 11.8 Å². The van der Waals surface area contributed by atoms with Crippen molar-refractivity contribution in [1.82, 2.24) is 0 Å². The summed E-state index contributed by atoms with van der Waals surface area (Å²) in [5.74, 6) is -0.108. The Hall–Kier alpha value is -2.90. The summed E-state index contributed by atoms with van der Waals surface area (Å²) in [5, 5.41) is 17.7. The maximum absolute atomic E-state index is 12.0. The molecule has 0 radical (unpaired) electrons. The molecule has 0 saturated carbocycles. The van der Waals surface area contributed by atoms with Gasteiger partial charge in [0.25, 0.3) is 0 Å². The minimum atomic E-state index is -0.485. The summed E-state index contributed by atoms with van der Waals surface area (Å²) in [5.41, 5.74) is 2.25. The van der Waals surface area contributed by atoms with E-state index in [1.165, 1.54) is 0 Å². The van der Waals surface area contributed by atoms with E-state index in [1.54, 1.807) is 48.5 Å². The van der Waals surface area contributed by atoms with Crippen LogP contribution in [0, 0.1) is 11.3 Å². The highest BCUT2D eigenvalue weighted by molar-refractivity contribution is 5.91. The molecule has 0 aliphatic carbocycles. The predicted octanol–water partition coefficient (Wildman–Crippen LogP) is 2.78. The Morgan fingerprint density at radius 3 is 2.19 bits per heavy atom. The van der Waals surface area contributed by atoms with Gasteiger partial charge in [0.15, 0.2) is 0 Å². The van der Waals surface area contributed by atoms with Crippen molar-refractivity contribution >= 4 is 11.5 Å². The Kier molecular flexibility index (Phi) is 4.50.